The molecule has 0 bridgehead atoms. The Morgan fingerprint density at radius 1 is 1.03 bits per heavy atom. The van der Waals surface area contributed by atoms with Crippen LogP contribution in [0.5, 0.6) is 5.75 Å². The lowest BCUT2D eigenvalue weighted by molar-refractivity contribution is -0.137. The van der Waals surface area contributed by atoms with Crippen LogP contribution < -0.4 is 10.1 Å². The molecule has 0 atom stereocenters. The van der Waals surface area contributed by atoms with Gasteiger partial charge in [0.15, 0.2) is 6.61 Å². The number of carbonyl (C=O) groups excluding carboxylic acids is 3. The molecular formula is C21H29N3O5. The van der Waals surface area contributed by atoms with Crippen LogP contribution in [0.4, 0.5) is 5.69 Å². The Balaban J connectivity index is 1.39. The second-order valence-corrected chi connectivity index (χ2v) is 7.30. The maximum absolute atomic E-state index is 12.2. The second kappa shape index (κ2) is 10.8. The molecule has 1 N–H and O–H groups in total. The van der Waals surface area contributed by atoms with Gasteiger partial charge in [-0.3, -0.25) is 14.4 Å². The van der Waals surface area contributed by atoms with Gasteiger partial charge in [0, 0.05) is 44.7 Å². The van der Waals surface area contributed by atoms with E-state index in [1.54, 1.807) is 34.1 Å². The van der Waals surface area contributed by atoms with Crippen molar-refractivity contribution < 1.29 is 23.9 Å². The minimum absolute atomic E-state index is 0.0183. The van der Waals surface area contributed by atoms with Crippen LogP contribution in [0.1, 0.15) is 32.1 Å². The van der Waals surface area contributed by atoms with Crippen molar-refractivity contribution in [1.29, 1.82) is 0 Å². The van der Waals surface area contributed by atoms with Crippen LogP contribution in [0.2, 0.25) is 0 Å². The Morgan fingerprint density at radius 2 is 1.79 bits per heavy atom. The van der Waals surface area contributed by atoms with Gasteiger partial charge in [0.2, 0.25) is 11.8 Å². The van der Waals surface area contributed by atoms with Crippen molar-refractivity contribution in [3.05, 3.63) is 24.3 Å². The highest BCUT2D eigenvalue weighted by Gasteiger charge is 2.18. The van der Waals surface area contributed by atoms with E-state index in [0.29, 0.717) is 50.7 Å². The molecule has 0 aromatic heterocycles. The lowest BCUT2D eigenvalue weighted by Crippen LogP contribution is -2.42. The summed E-state index contributed by atoms with van der Waals surface area (Å²) in [6.45, 7) is 3.48. The summed E-state index contributed by atoms with van der Waals surface area (Å²) in [7, 11) is 0. The number of rotatable bonds is 7. The first kappa shape index (κ1) is 21.1. The van der Waals surface area contributed by atoms with Crippen LogP contribution in [0.3, 0.4) is 0 Å². The normalized spacial score (nSPS) is 17.6. The SMILES string of the molecule is O=C(CCN1CCCCCC1=O)Nc1ccc(OCC(=O)N2CCOCC2)cc1. The highest BCUT2D eigenvalue weighted by atomic mass is 16.5. The van der Waals surface area contributed by atoms with Crippen molar-refractivity contribution in [2.75, 3.05) is 51.3 Å². The summed E-state index contributed by atoms with van der Waals surface area (Å²) in [6.07, 6.45) is 3.87. The van der Waals surface area contributed by atoms with Crippen LogP contribution in [-0.4, -0.2) is 73.5 Å². The number of hydrogen-bond acceptors (Lipinski definition) is 5. The monoisotopic (exact) mass is 403 g/mol. The largest absolute Gasteiger partial charge is 0.484 e. The summed E-state index contributed by atoms with van der Waals surface area (Å²) in [4.78, 5) is 39.8. The van der Waals surface area contributed by atoms with Crippen molar-refractivity contribution in [2.45, 2.75) is 32.1 Å². The van der Waals surface area contributed by atoms with E-state index in [1.165, 1.54) is 0 Å². The Morgan fingerprint density at radius 3 is 2.55 bits per heavy atom. The zero-order valence-corrected chi connectivity index (χ0v) is 16.7. The number of hydrogen-bond donors (Lipinski definition) is 1. The van der Waals surface area contributed by atoms with Crippen molar-refractivity contribution >= 4 is 23.4 Å². The second-order valence-electron chi connectivity index (χ2n) is 7.30. The van der Waals surface area contributed by atoms with Gasteiger partial charge in [0.1, 0.15) is 5.75 Å². The summed E-state index contributed by atoms with van der Waals surface area (Å²) in [5.41, 5.74) is 0.657. The predicted octanol–water partition coefficient (Wildman–Crippen LogP) is 1.66. The van der Waals surface area contributed by atoms with E-state index in [1.807, 2.05) is 0 Å². The first-order valence-corrected chi connectivity index (χ1v) is 10.3. The third kappa shape index (κ3) is 6.74. The van der Waals surface area contributed by atoms with Gasteiger partial charge in [-0.15, -0.1) is 0 Å². The summed E-state index contributed by atoms with van der Waals surface area (Å²) in [5, 5.41) is 2.83. The maximum Gasteiger partial charge on any atom is 0.260 e. The molecule has 0 saturated carbocycles. The standard InChI is InChI=1S/C21H29N3O5/c25-19(9-11-23-10-3-1-2-4-20(23)26)22-17-5-7-18(8-6-17)29-16-21(27)24-12-14-28-15-13-24/h5-8H,1-4,9-16H2,(H,22,25). The fraction of sp³-hybridized carbons (Fsp3) is 0.571. The Bertz CT molecular complexity index is 701. The van der Waals surface area contributed by atoms with Gasteiger partial charge in [-0.2, -0.15) is 0 Å². The van der Waals surface area contributed by atoms with E-state index in [4.69, 9.17) is 9.47 Å². The third-order valence-electron chi connectivity index (χ3n) is 5.14. The van der Waals surface area contributed by atoms with Crippen molar-refractivity contribution in [3.63, 3.8) is 0 Å². The zero-order chi connectivity index (χ0) is 20.5. The number of morpholine rings is 1. The van der Waals surface area contributed by atoms with Crippen molar-refractivity contribution in [3.8, 4) is 5.75 Å². The van der Waals surface area contributed by atoms with E-state index in [2.05, 4.69) is 5.32 Å². The first-order chi connectivity index (χ1) is 14.1. The molecule has 0 spiro atoms. The summed E-state index contributed by atoms with van der Waals surface area (Å²) < 4.78 is 10.8. The first-order valence-electron chi connectivity index (χ1n) is 10.3. The fourth-order valence-electron chi connectivity index (χ4n) is 3.42. The van der Waals surface area contributed by atoms with Crippen LogP contribution >= 0.6 is 0 Å². The molecule has 2 heterocycles. The molecule has 0 unspecified atom stereocenters. The molecular weight excluding hydrogens is 374 g/mol. The van der Waals surface area contributed by atoms with E-state index in [-0.39, 0.29) is 30.7 Å². The quantitative estimate of drug-likeness (QED) is 0.748. The molecule has 0 aliphatic carbocycles. The molecule has 0 radical (unpaired) electrons. The summed E-state index contributed by atoms with van der Waals surface area (Å²) in [5.74, 6) is 0.523. The number of benzene rings is 1. The van der Waals surface area contributed by atoms with E-state index in [0.717, 1.165) is 25.8 Å². The van der Waals surface area contributed by atoms with Crippen LogP contribution in [0.15, 0.2) is 24.3 Å². The van der Waals surface area contributed by atoms with E-state index < -0.39 is 0 Å². The molecule has 29 heavy (non-hydrogen) atoms. The van der Waals surface area contributed by atoms with Gasteiger partial charge in [0.25, 0.3) is 5.91 Å². The van der Waals surface area contributed by atoms with E-state index in [9.17, 15) is 14.4 Å². The van der Waals surface area contributed by atoms with Gasteiger partial charge in [-0.1, -0.05) is 6.42 Å². The number of nitrogens with zero attached hydrogens (tertiary/aromatic N) is 2. The van der Waals surface area contributed by atoms with Gasteiger partial charge in [-0.05, 0) is 37.1 Å². The number of amides is 3. The Labute approximate surface area is 171 Å². The fourth-order valence-corrected chi connectivity index (χ4v) is 3.42. The third-order valence-corrected chi connectivity index (χ3v) is 5.14. The number of ether oxygens (including phenoxy) is 2. The molecule has 2 aliphatic heterocycles. The Hall–Kier alpha value is -2.61. The smallest absolute Gasteiger partial charge is 0.260 e. The predicted molar refractivity (Wildman–Crippen MR) is 108 cm³/mol. The van der Waals surface area contributed by atoms with Crippen LogP contribution in [0, 0.1) is 0 Å². The molecule has 8 nitrogen and oxygen atoms in total. The number of nitrogens with one attached hydrogen (secondary N) is 1. The average Bonchev–Trinajstić information content (AvgIpc) is 2.96. The topological polar surface area (TPSA) is 88.2 Å². The molecule has 2 saturated heterocycles. The zero-order valence-electron chi connectivity index (χ0n) is 16.7. The molecule has 1 aromatic rings. The molecule has 3 rings (SSSR count). The lowest BCUT2D eigenvalue weighted by atomic mass is 10.2. The molecule has 2 fully saturated rings. The highest BCUT2D eigenvalue weighted by molar-refractivity contribution is 5.91. The molecule has 3 amide bonds. The lowest BCUT2D eigenvalue weighted by Gasteiger charge is -2.26. The molecule has 158 valence electrons. The van der Waals surface area contributed by atoms with Crippen molar-refractivity contribution in [2.24, 2.45) is 0 Å². The maximum atomic E-state index is 12.2. The molecule has 8 heteroatoms. The minimum atomic E-state index is -0.127. The summed E-state index contributed by atoms with van der Waals surface area (Å²) >= 11 is 0. The number of carbonyl (C=O) groups is 3. The number of likely N-dealkylation sites (tertiary alicyclic amines) is 1. The molecule has 1 aromatic carbocycles. The number of anilines is 1. The van der Waals surface area contributed by atoms with Gasteiger partial charge in [0.05, 0.1) is 13.2 Å². The van der Waals surface area contributed by atoms with Crippen LogP contribution in [-0.2, 0) is 19.1 Å². The minimum Gasteiger partial charge on any atom is -0.484 e. The van der Waals surface area contributed by atoms with Gasteiger partial charge in [-0.25, -0.2) is 0 Å². The average molecular weight is 403 g/mol. The van der Waals surface area contributed by atoms with Crippen molar-refractivity contribution in [1.82, 2.24) is 9.80 Å². The van der Waals surface area contributed by atoms with Crippen LogP contribution in [0.25, 0.3) is 0 Å². The van der Waals surface area contributed by atoms with Gasteiger partial charge >= 0.3 is 0 Å². The molecule has 2 aliphatic rings. The highest BCUT2D eigenvalue weighted by Crippen LogP contribution is 2.17. The summed E-state index contributed by atoms with van der Waals surface area (Å²) in [6, 6.07) is 6.92. The Kier molecular flexibility index (Phi) is 7.86. The van der Waals surface area contributed by atoms with E-state index >= 15 is 0 Å². The van der Waals surface area contributed by atoms with Gasteiger partial charge < -0.3 is 24.6 Å².